The van der Waals surface area contributed by atoms with Crippen LogP contribution in [0.15, 0.2) is 29.3 Å². The molecule has 1 saturated heterocycles. The van der Waals surface area contributed by atoms with E-state index in [2.05, 4.69) is 36.5 Å². The van der Waals surface area contributed by atoms with Gasteiger partial charge in [0.2, 0.25) is 5.91 Å². The van der Waals surface area contributed by atoms with Crippen molar-refractivity contribution >= 4 is 35.8 Å². The number of hydrogen-bond acceptors (Lipinski definition) is 3. The third kappa shape index (κ3) is 3.08. The Morgan fingerprint density at radius 3 is 2.83 bits per heavy atom. The number of carbonyl (C=O) groups is 1. The maximum atomic E-state index is 12.9. The lowest BCUT2D eigenvalue weighted by atomic mass is 9.74. The van der Waals surface area contributed by atoms with Crippen molar-refractivity contribution in [2.75, 3.05) is 12.3 Å². The second-order valence-corrected chi connectivity index (χ2v) is 8.85. The fourth-order valence-electron chi connectivity index (χ4n) is 4.63. The molecule has 3 nitrogen and oxygen atoms in total. The van der Waals surface area contributed by atoms with Crippen LogP contribution < -0.4 is 5.32 Å². The van der Waals surface area contributed by atoms with E-state index in [4.69, 9.17) is 4.99 Å². The Kier molecular flexibility index (Phi) is 5.45. The molecule has 0 bridgehead atoms. The van der Waals surface area contributed by atoms with Gasteiger partial charge in [-0.2, -0.15) is 0 Å². The molecule has 1 spiro atoms. The van der Waals surface area contributed by atoms with E-state index in [1.807, 2.05) is 11.8 Å². The average molecular weight is 367 g/mol. The molecule has 3 atom stereocenters. The average Bonchev–Trinajstić information content (AvgIpc) is 2.95. The van der Waals surface area contributed by atoms with Gasteiger partial charge in [-0.15, -0.1) is 24.2 Å². The first kappa shape index (κ1) is 18.1. The van der Waals surface area contributed by atoms with Crippen LogP contribution in [0.4, 0.5) is 0 Å². The molecular weight excluding hydrogens is 340 g/mol. The smallest absolute Gasteiger partial charge is 0.224 e. The minimum absolute atomic E-state index is 0. The lowest BCUT2D eigenvalue weighted by Crippen LogP contribution is -2.48. The fourth-order valence-corrected chi connectivity index (χ4v) is 6.42. The predicted octanol–water partition coefficient (Wildman–Crippen LogP) is 3.79. The van der Waals surface area contributed by atoms with E-state index in [0.717, 1.165) is 37.5 Å². The molecule has 2 aliphatic carbocycles. The molecule has 3 unspecified atom stereocenters. The summed E-state index contributed by atoms with van der Waals surface area (Å²) in [6, 6.07) is 0.402. The third-order valence-corrected chi connectivity index (χ3v) is 7.72. The van der Waals surface area contributed by atoms with Crippen LogP contribution in [0.3, 0.4) is 0 Å². The summed E-state index contributed by atoms with van der Waals surface area (Å²) >= 11 is 1.93. The summed E-state index contributed by atoms with van der Waals surface area (Å²) in [4.78, 5) is 17.6. The Bertz CT molecular complexity index is 580. The second-order valence-electron chi connectivity index (χ2n) is 7.56. The Hall–Kier alpha value is -0.740. The van der Waals surface area contributed by atoms with Crippen LogP contribution in [0.2, 0.25) is 0 Å². The van der Waals surface area contributed by atoms with Crippen molar-refractivity contribution in [2.24, 2.45) is 22.7 Å². The van der Waals surface area contributed by atoms with Crippen LogP contribution in [-0.4, -0.2) is 34.7 Å². The molecule has 0 aromatic carbocycles. The monoisotopic (exact) mass is 366 g/mol. The first-order chi connectivity index (χ1) is 11.2. The molecule has 1 N–H and O–H groups in total. The van der Waals surface area contributed by atoms with Crippen molar-refractivity contribution in [3.05, 3.63) is 24.3 Å². The molecule has 0 radical (unpaired) electrons. The summed E-state index contributed by atoms with van der Waals surface area (Å²) in [5, 5.41) is 3.37. The largest absolute Gasteiger partial charge is 0.353 e. The molecular formula is C19H27ClN2OS. The van der Waals surface area contributed by atoms with Crippen LogP contribution in [0.5, 0.6) is 0 Å². The lowest BCUT2D eigenvalue weighted by Gasteiger charge is -2.38. The highest BCUT2D eigenvalue weighted by Gasteiger charge is 2.54. The van der Waals surface area contributed by atoms with Crippen molar-refractivity contribution in [2.45, 2.75) is 49.8 Å². The molecule has 4 rings (SSSR count). The summed E-state index contributed by atoms with van der Waals surface area (Å²) < 4.78 is -0.0317. The zero-order valence-electron chi connectivity index (χ0n) is 14.2. The van der Waals surface area contributed by atoms with Crippen LogP contribution in [-0.2, 0) is 4.79 Å². The molecule has 2 aliphatic heterocycles. The number of halogens is 1. The number of thioether (sulfide) groups is 1. The predicted molar refractivity (Wildman–Crippen MR) is 104 cm³/mol. The number of nitrogens with zero attached hydrogens (tertiary/aromatic N) is 1. The van der Waals surface area contributed by atoms with E-state index in [0.29, 0.717) is 17.9 Å². The number of nitrogens with one attached hydrogen (secondary N) is 1. The van der Waals surface area contributed by atoms with Gasteiger partial charge in [0.05, 0.1) is 16.4 Å². The summed E-state index contributed by atoms with van der Waals surface area (Å²) in [5.74, 6) is 2.59. The van der Waals surface area contributed by atoms with Crippen molar-refractivity contribution in [3.63, 3.8) is 0 Å². The zero-order valence-corrected chi connectivity index (χ0v) is 15.9. The quantitative estimate of drug-likeness (QED) is 0.807. The Morgan fingerprint density at radius 2 is 2.04 bits per heavy atom. The Labute approximate surface area is 155 Å². The number of carbonyl (C=O) groups excluding carboxylic acids is 1. The fraction of sp³-hybridized carbons (Fsp3) is 0.684. The highest BCUT2D eigenvalue weighted by Crippen LogP contribution is 2.52. The molecule has 0 aromatic rings. The Morgan fingerprint density at radius 1 is 1.25 bits per heavy atom. The van der Waals surface area contributed by atoms with Gasteiger partial charge in [-0.25, -0.2) is 0 Å². The molecule has 0 aromatic heterocycles. The second kappa shape index (κ2) is 7.25. The maximum absolute atomic E-state index is 12.9. The van der Waals surface area contributed by atoms with E-state index in [9.17, 15) is 4.79 Å². The molecule has 2 heterocycles. The van der Waals surface area contributed by atoms with Crippen LogP contribution in [0.1, 0.15) is 39.0 Å². The minimum Gasteiger partial charge on any atom is -0.353 e. The van der Waals surface area contributed by atoms with Gasteiger partial charge in [-0.3, -0.25) is 9.79 Å². The third-order valence-electron chi connectivity index (χ3n) is 6.07. The Balaban J connectivity index is 0.00000169. The van der Waals surface area contributed by atoms with Crippen molar-refractivity contribution in [1.82, 2.24) is 5.32 Å². The summed E-state index contributed by atoms with van der Waals surface area (Å²) in [6.07, 6.45) is 14.5. The van der Waals surface area contributed by atoms with Crippen molar-refractivity contribution in [1.29, 1.82) is 0 Å². The summed E-state index contributed by atoms with van der Waals surface area (Å²) in [5.41, 5.74) is 1.18. The standard InChI is InChI=1S/C19H26N2OS.ClH/c1-13-5-7-14(8-6-13)21-18(22)15-12-23-19-10-3-2-4-17(19)20-11-9-16(15)19;/h2-4,10,13-16H,5-9,11-12H2,1H3,(H,21,22);1H. The van der Waals surface area contributed by atoms with E-state index in [1.165, 1.54) is 18.6 Å². The molecule has 24 heavy (non-hydrogen) atoms. The number of amides is 1. The number of aliphatic imine (C=N–C) groups is 1. The van der Waals surface area contributed by atoms with Crippen molar-refractivity contribution in [3.8, 4) is 0 Å². The SMILES string of the molecule is CC1CCC(NC(=O)C2CSC34C=CC=CC3=NCCC24)CC1.Cl. The topological polar surface area (TPSA) is 41.5 Å². The summed E-state index contributed by atoms with van der Waals surface area (Å²) in [6.45, 7) is 3.19. The van der Waals surface area contributed by atoms with Gasteiger partial charge in [0.15, 0.2) is 0 Å². The first-order valence-corrected chi connectivity index (χ1v) is 10.0. The van der Waals surface area contributed by atoms with E-state index < -0.39 is 0 Å². The highest BCUT2D eigenvalue weighted by molar-refractivity contribution is 8.02. The normalized spacial score (nSPS) is 40.1. The number of allylic oxidation sites excluding steroid dienone is 3. The van der Waals surface area contributed by atoms with E-state index >= 15 is 0 Å². The molecule has 2 fully saturated rings. The first-order valence-electron chi connectivity index (χ1n) is 9.04. The molecule has 132 valence electrons. The molecule has 1 amide bonds. The lowest BCUT2D eigenvalue weighted by molar-refractivity contribution is -0.126. The zero-order chi connectivity index (χ0) is 15.9. The summed E-state index contributed by atoms with van der Waals surface area (Å²) in [7, 11) is 0. The van der Waals surface area contributed by atoms with Crippen molar-refractivity contribution < 1.29 is 4.79 Å². The number of hydrogen-bond donors (Lipinski definition) is 1. The molecule has 4 aliphatic rings. The van der Waals surface area contributed by atoms with Gasteiger partial charge >= 0.3 is 0 Å². The number of rotatable bonds is 2. The maximum Gasteiger partial charge on any atom is 0.224 e. The van der Waals surface area contributed by atoms with Gasteiger partial charge in [-0.1, -0.05) is 25.2 Å². The van der Waals surface area contributed by atoms with Gasteiger partial charge < -0.3 is 5.32 Å². The van der Waals surface area contributed by atoms with Crippen LogP contribution in [0.25, 0.3) is 0 Å². The van der Waals surface area contributed by atoms with Gasteiger partial charge in [0, 0.05) is 18.3 Å². The highest BCUT2D eigenvalue weighted by atomic mass is 35.5. The van der Waals surface area contributed by atoms with Gasteiger partial charge in [0.25, 0.3) is 0 Å². The minimum atomic E-state index is -0.0317. The van der Waals surface area contributed by atoms with Gasteiger partial charge in [-0.05, 0) is 50.0 Å². The van der Waals surface area contributed by atoms with Gasteiger partial charge in [0.1, 0.15) is 0 Å². The van der Waals surface area contributed by atoms with Crippen LogP contribution >= 0.6 is 24.2 Å². The van der Waals surface area contributed by atoms with E-state index in [1.54, 1.807) is 0 Å². The van der Waals surface area contributed by atoms with Crippen LogP contribution in [0, 0.1) is 17.8 Å². The van der Waals surface area contributed by atoms with E-state index in [-0.39, 0.29) is 23.1 Å². The molecule has 1 saturated carbocycles. The molecule has 5 heteroatoms.